The van der Waals surface area contributed by atoms with E-state index >= 15 is 0 Å². The van der Waals surface area contributed by atoms with E-state index in [0.29, 0.717) is 5.69 Å². The molecule has 1 heterocycles. The quantitative estimate of drug-likeness (QED) is 0.672. The first-order chi connectivity index (χ1) is 5.70. The topological polar surface area (TPSA) is 45.2 Å². The predicted octanol–water partition coefficient (Wildman–Crippen LogP) is 0.975. The van der Waals surface area contributed by atoms with E-state index in [-0.39, 0.29) is 6.03 Å². The summed E-state index contributed by atoms with van der Waals surface area (Å²) in [6, 6.07) is 3.29. The zero-order chi connectivity index (χ0) is 8.97. The van der Waals surface area contributed by atoms with Crippen molar-refractivity contribution in [2.45, 2.75) is 0 Å². The Hall–Kier alpha value is -1.58. The molecule has 0 fully saturated rings. The predicted molar refractivity (Wildman–Crippen MR) is 45.8 cm³/mol. The van der Waals surface area contributed by atoms with Crippen LogP contribution in [0, 0.1) is 6.20 Å². The molecule has 0 unspecified atom stereocenters. The molecule has 63 valence electrons. The molecule has 0 bridgehead atoms. The van der Waals surface area contributed by atoms with Gasteiger partial charge in [-0.1, -0.05) is 0 Å². The Kier molecular flexibility index (Phi) is 2.63. The third-order valence-electron chi connectivity index (χ3n) is 1.26. The van der Waals surface area contributed by atoms with Crippen molar-refractivity contribution in [3.8, 4) is 0 Å². The summed E-state index contributed by atoms with van der Waals surface area (Å²) in [6.07, 6.45) is 4.25. The molecule has 1 aromatic rings. The number of hydrogen-bond acceptors (Lipinski definition) is 2. The lowest BCUT2D eigenvalue weighted by Gasteiger charge is -2.10. The van der Waals surface area contributed by atoms with Crippen LogP contribution in [0.3, 0.4) is 0 Å². The number of pyridine rings is 1. The average Bonchev–Trinajstić information content (AvgIpc) is 2.06. The lowest BCUT2D eigenvalue weighted by molar-refractivity contribution is 0.230. The molecule has 1 rings (SSSR count). The smallest absolute Gasteiger partial charge is 0.321 e. The average molecular weight is 164 g/mol. The summed E-state index contributed by atoms with van der Waals surface area (Å²) in [6.45, 7) is 0. The van der Waals surface area contributed by atoms with Crippen molar-refractivity contribution in [1.29, 1.82) is 0 Å². The van der Waals surface area contributed by atoms with Gasteiger partial charge in [0.15, 0.2) is 0 Å². The number of carbonyl (C=O) groups is 1. The maximum absolute atomic E-state index is 11.1. The summed E-state index contributed by atoms with van der Waals surface area (Å²) in [7, 11) is 3.34. The minimum atomic E-state index is -0.181. The van der Waals surface area contributed by atoms with Crippen LogP contribution in [-0.4, -0.2) is 30.0 Å². The second-order valence-electron chi connectivity index (χ2n) is 2.49. The Morgan fingerprint density at radius 1 is 1.67 bits per heavy atom. The standard InChI is InChI=1S/C8H10N3O/c1-11(2)8(12)10-7-4-3-5-9-6-7/h3-5H,1-2H3,(H,10,12). The molecule has 0 saturated heterocycles. The van der Waals surface area contributed by atoms with E-state index < -0.39 is 0 Å². The molecule has 0 aromatic carbocycles. The molecule has 4 heteroatoms. The van der Waals surface area contributed by atoms with Gasteiger partial charge in [0.1, 0.15) is 6.20 Å². The highest BCUT2D eigenvalue weighted by molar-refractivity contribution is 5.88. The van der Waals surface area contributed by atoms with E-state index in [4.69, 9.17) is 0 Å². The van der Waals surface area contributed by atoms with Crippen LogP contribution in [0.15, 0.2) is 18.3 Å². The third-order valence-corrected chi connectivity index (χ3v) is 1.26. The lowest BCUT2D eigenvalue weighted by Crippen LogP contribution is -2.27. The first-order valence-electron chi connectivity index (χ1n) is 3.51. The number of carbonyl (C=O) groups excluding carboxylic acids is 1. The molecular weight excluding hydrogens is 154 g/mol. The van der Waals surface area contributed by atoms with Gasteiger partial charge in [0.05, 0.1) is 5.69 Å². The van der Waals surface area contributed by atoms with Crippen molar-refractivity contribution in [3.63, 3.8) is 0 Å². The number of anilines is 1. The molecule has 0 aliphatic carbocycles. The van der Waals surface area contributed by atoms with E-state index in [1.807, 2.05) is 0 Å². The summed E-state index contributed by atoms with van der Waals surface area (Å²) in [5, 5.41) is 2.61. The van der Waals surface area contributed by atoms with Gasteiger partial charge >= 0.3 is 6.03 Å². The molecule has 0 aliphatic heterocycles. The second-order valence-corrected chi connectivity index (χ2v) is 2.49. The van der Waals surface area contributed by atoms with Crippen LogP contribution in [0.5, 0.6) is 0 Å². The van der Waals surface area contributed by atoms with Crippen LogP contribution < -0.4 is 5.32 Å². The van der Waals surface area contributed by atoms with Gasteiger partial charge in [0.2, 0.25) is 0 Å². The van der Waals surface area contributed by atoms with Crippen molar-refractivity contribution in [2.75, 3.05) is 19.4 Å². The van der Waals surface area contributed by atoms with Crippen LogP contribution in [0.4, 0.5) is 10.5 Å². The van der Waals surface area contributed by atoms with Gasteiger partial charge in [-0.25, -0.2) is 4.79 Å². The van der Waals surface area contributed by atoms with E-state index in [1.165, 1.54) is 4.90 Å². The minimum absolute atomic E-state index is 0.181. The lowest BCUT2D eigenvalue weighted by atomic mass is 10.4. The molecular formula is C8H10N3O. The van der Waals surface area contributed by atoms with E-state index in [0.717, 1.165) is 0 Å². The fourth-order valence-electron chi connectivity index (χ4n) is 0.623. The zero-order valence-electron chi connectivity index (χ0n) is 7.03. The van der Waals surface area contributed by atoms with Crippen molar-refractivity contribution in [1.82, 2.24) is 9.88 Å². The minimum Gasteiger partial charge on any atom is -0.331 e. The van der Waals surface area contributed by atoms with Crippen LogP contribution in [0.25, 0.3) is 0 Å². The van der Waals surface area contributed by atoms with Crippen molar-refractivity contribution < 1.29 is 4.79 Å². The highest BCUT2D eigenvalue weighted by atomic mass is 16.2. The van der Waals surface area contributed by atoms with Crippen molar-refractivity contribution >= 4 is 11.7 Å². The maximum Gasteiger partial charge on any atom is 0.321 e. The molecule has 1 N–H and O–H groups in total. The van der Waals surface area contributed by atoms with Gasteiger partial charge in [0, 0.05) is 20.3 Å². The highest BCUT2D eigenvalue weighted by Gasteiger charge is 2.02. The first kappa shape index (κ1) is 8.52. The monoisotopic (exact) mass is 164 g/mol. The maximum atomic E-state index is 11.1. The summed E-state index contributed by atoms with van der Waals surface area (Å²) in [5.74, 6) is 0. The summed E-state index contributed by atoms with van der Waals surface area (Å²) < 4.78 is 0. The van der Waals surface area contributed by atoms with Gasteiger partial charge in [-0.15, -0.1) is 0 Å². The van der Waals surface area contributed by atoms with Gasteiger partial charge in [-0.2, -0.15) is 0 Å². The van der Waals surface area contributed by atoms with Gasteiger partial charge < -0.3 is 10.2 Å². The Bertz CT molecular complexity index is 258. The molecule has 4 nitrogen and oxygen atoms in total. The molecule has 1 aromatic heterocycles. The fourth-order valence-corrected chi connectivity index (χ4v) is 0.623. The SMILES string of the molecule is CN(C)C(=O)Nc1[c]nccc1. The molecule has 0 spiro atoms. The first-order valence-corrected chi connectivity index (χ1v) is 3.51. The zero-order valence-corrected chi connectivity index (χ0v) is 7.03. The van der Waals surface area contributed by atoms with Crippen LogP contribution >= 0.6 is 0 Å². The number of nitrogens with zero attached hydrogens (tertiary/aromatic N) is 2. The Balaban J connectivity index is 2.59. The van der Waals surface area contributed by atoms with Crippen LogP contribution in [0.2, 0.25) is 0 Å². The molecule has 12 heavy (non-hydrogen) atoms. The van der Waals surface area contributed by atoms with Crippen molar-refractivity contribution in [3.05, 3.63) is 24.5 Å². The van der Waals surface area contributed by atoms with Gasteiger partial charge in [-0.3, -0.25) is 4.98 Å². The van der Waals surface area contributed by atoms with E-state index in [2.05, 4.69) is 16.5 Å². The number of aromatic nitrogens is 1. The number of nitrogens with one attached hydrogen (secondary N) is 1. The Morgan fingerprint density at radius 2 is 2.42 bits per heavy atom. The summed E-state index contributed by atoms with van der Waals surface area (Å²) in [5.41, 5.74) is 0.580. The van der Waals surface area contributed by atoms with Crippen molar-refractivity contribution in [2.24, 2.45) is 0 Å². The Labute approximate surface area is 71.2 Å². The van der Waals surface area contributed by atoms with Crippen LogP contribution in [0.1, 0.15) is 0 Å². The fraction of sp³-hybridized carbons (Fsp3) is 0.250. The number of urea groups is 1. The largest absolute Gasteiger partial charge is 0.331 e. The number of hydrogen-bond donors (Lipinski definition) is 1. The molecule has 0 aliphatic rings. The van der Waals surface area contributed by atoms with E-state index in [9.17, 15) is 4.79 Å². The third kappa shape index (κ3) is 2.23. The number of amides is 2. The highest BCUT2D eigenvalue weighted by Crippen LogP contribution is 2.01. The normalized spacial score (nSPS) is 9.17. The molecule has 0 saturated carbocycles. The van der Waals surface area contributed by atoms with Crippen LogP contribution in [-0.2, 0) is 0 Å². The van der Waals surface area contributed by atoms with E-state index in [1.54, 1.807) is 32.4 Å². The second kappa shape index (κ2) is 3.71. The van der Waals surface area contributed by atoms with Gasteiger partial charge in [0.25, 0.3) is 0 Å². The molecule has 1 radical (unpaired) electrons. The Morgan fingerprint density at radius 3 is 2.92 bits per heavy atom. The molecule has 0 atom stereocenters. The summed E-state index contributed by atoms with van der Waals surface area (Å²) >= 11 is 0. The number of rotatable bonds is 1. The van der Waals surface area contributed by atoms with Gasteiger partial charge in [-0.05, 0) is 12.1 Å². The molecule has 2 amide bonds. The summed E-state index contributed by atoms with van der Waals surface area (Å²) in [4.78, 5) is 16.3.